The Labute approximate surface area is 159 Å². The quantitative estimate of drug-likeness (QED) is 0.869. The highest BCUT2D eigenvalue weighted by atomic mass is 32.2. The highest BCUT2D eigenvalue weighted by Crippen LogP contribution is 2.25. The van der Waals surface area contributed by atoms with Gasteiger partial charge in [-0.2, -0.15) is 4.31 Å². The molecule has 144 valence electrons. The number of rotatable bonds is 4. The Morgan fingerprint density at radius 3 is 2.56 bits per heavy atom. The molecule has 0 spiro atoms. The molecule has 0 saturated carbocycles. The number of anilines is 1. The lowest BCUT2D eigenvalue weighted by Gasteiger charge is -2.31. The van der Waals surface area contributed by atoms with Crippen LogP contribution in [0.3, 0.4) is 0 Å². The van der Waals surface area contributed by atoms with E-state index in [1.165, 1.54) is 16.4 Å². The summed E-state index contributed by atoms with van der Waals surface area (Å²) in [6.07, 6.45) is 1.20. The molecule has 0 bridgehead atoms. The van der Waals surface area contributed by atoms with Crippen molar-refractivity contribution in [2.75, 3.05) is 18.4 Å². The second-order valence-corrected chi connectivity index (χ2v) is 8.90. The van der Waals surface area contributed by atoms with Crippen molar-refractivity contribution in [1.29, 1.82) is 0 Å². The van der Waals surface area contributed by atoms with Gasteiger partial charge in [-0.3, -0.25) is 4.79 Å². The Balaban J connectivity index is 1.74. The number of sulfonamides is 1. The molecular formula is C20H23FN2O3S. The van der Waals surface area contributed by atoms with Crippen LogP contribution in [-0.4, -0.2) is 31.7 Å². The molecule has 1 N–H and O–H groups in total. The number of hydrogen-bond donors (Lipinski definition) is 1. The van der Waals surface area contributed by atoms with Gasteiger partial charge < -0.3 is 5.32 Å². The van der Waals surface area contributed by atoms with Gasteiger partial charge in [0, 0.05) is 18.8 Å². The van der Waals surface area contributed by atoms with Crippen LogP contribution in [0.15, 0.2) is 47.4 Å². The van der Waals surface area contributed by atoms with Gasteiger partial charge in [0.15, 0.2) is 0 Å². The molecule has 1 atom stereocenters. The summed E-state index contributed by atoms with van der Waals surface area (Å²) >= 11 is 0. The third kappa shape index (κ3) is 4.36. The number of aryl methyl sites for hydroxylation is 2. The molecule has 2 aromatic carbocycles. The first-order valence-electron chi connectivity index (χ1n) is 8.91. The summed E-state index contributed by atoms with van der Waals surface area (Å²) in [4.78, 5) is 12.9. The zero-order valence-electron chi connectivity index (χ0n) is 15.4. The lowest BCUT2D eigenvalue weighted by Crippen LogP contribution is -2.43. The topological polar surface area (TPSA) is 66.5 Å². The fourth-order valence-corrected chi connectivity index (χ4v) is 4.72. The van der Waals surface area contributed by atoms with Gasteiger partial charge in [0.2, 0.25) is 15.9 Å². The maximum Gasteiger partial charge on any atom is 0.243 e. The van der Waals surface area contributed by atoms with Crippen LogP contribution >= 0.6 is 0 Å². The normalized spacial score (nSPS) is 18.3. The number of hydrogen-bond acceptors (Lipinski definition) is 3. The van der Waals surface area contributed by atoms with Crippen molar-refractivity contribution in [3.05, 3.63) is 59.4 Å². The molecule has 2 aromatic rings. The number of amides is 1. The summed E-state index contributed by atoms with van der Waals surface area (Å²) in [7, 11) is -3.64. The highest BCUT2D eigenvalue weighted by molar-refractivity contribution is 7.89. The van der Waals surface area contributed by atoms with Crippen molar-refractivity contribution in [1.82, 2.24) is 4.31 Å². The molecule has 1 heterocycles. The first-order chi connectivity index (χ1) is 12.8. The third-order valence-electron chi connectivity index (χ3n) is 4.87. The van der Waals surface area contributed by atoms with Crippen LogP contribution in [0.5, 0.6) is 0 Å². The minimum Gasteiger partial charge on any atom is -0.325 e. The zero-order chi connectivity index (χ0) is 19.6. The molecule has 7 heteroatoms. The second-order valence-electron chi connectivity index (χ2n) is 6.96. The van der Waals surface area contributed by atoms with Crippen LogP contribution in [0.4, 0.5) is 10.1 Å². The van der Waals surface area contributed by atoms with Crippen LogP contribution in [0, 0.1) is 25.6 Å². The summed E-state index contributed by atoms with van der Waals surface area (Å²) < 4.78 is 40.5. The molecule has 3 rings (SSSR count). The average molecular weight is 390 g/mol. The lowest BCUT2D eigenvalue weighted by atomic mass is 9.98. The number of benzene rings is 2. The van der Waals surface area contributed by atoms with Gasteiger partial charge >= 0.3 is 0 Å². The molecular weight excluding hydrogens is 367 g/mol. The lowest BCUT2D eigenvalue weighted by molar-refractivity contribution is -0.120. The highest BCUT2D eigenvalue weighted by Gasteiger charge is 2.33. The van der Waals surface area contributed by atoms with E-state index in [0.717, 1.165) is 11.1 Å². The summed E-state index contributed by atoms with van der Waals surface area (Å²) in [5.41, 5.74) is 2.15. The molecule has 1 fully saturated rings. The van der Waals surface area contributed by atoms with Crippen molar-refractivity contribution in [3.63, 3.8) is 0 Å². The molecule has 0 aliphatic carbocycles. The van der Waals surface area contributed by atoms with Crippen LogP contribution < -0.4 is 5.32 Å². The van der Waals surface area contributed by atoms with Gasteiger partial charge in [-0.25, -0.2) is 12.8 Å². The molecule has 1 saturated heterocycles. The number of nitrogens with zero attached hydrogens (tertiary/aromatic N) is 1. The number of halogens is 1. The maximum atomic E-state index is 13.4. The Kier molecular flexibility index (Phi) is 5.62. The molecule has 27 heavy (non-hydrogen) atoms. The summed E-state index contributed by atoms with van der Waals surface area (Å²) in [6.45, 7) is 4.19. The van der Waals surface area contributed by atoms with Gasteiger partial charge in [-0.05, 0) is 56.5 Å². The van der Waals surface area contributed by atoms with Crippen LogP contribution in [0.2, 0.25) is 0 Å². The average Bonchev–Trinajstić information content (AvgIpc) is 2.65. The Morgan fingerprint density at radius 1 is 1.15 bits per heavy atom. The Morgan fingerprint density at radius 2 is 1.85 bits per heavy atom. The van der Waals surface area contributed by atoms with Gasteiger partial charge in [-0.15, -0.1) is 0 Å². The van der Waals surface area contributed by atoms with E-state index in [9.17, 15) is 17.6 Å². The van der Waals surface area contributed by atoms with Crippen LogP contribution in [0.1, 0.15) is 24.0 Å². The summed E-state index contributed by atoms with van der Waals surface area (Å²) in [5, 5.41) is 2.74. The van der Waals surface area contributed by atoms with Crippen molar-refractivity contribution in [3.8, 4) is 0 Å². The number of carbonyl (C=O) groups is 1. The van der Waals surface area contributed by atoms with Gasteiger partial charge in [0.05, 0.1) is 10.8 Å². The van der Waals surface area contributed by atoms with Gasteiger partial charge in [0.25, 0.3) is 0 Å². The Hall–Kier alpha value is -2.25. The monoisotopic (exact) mass is 390 g/mol. The van der Waals surface area contributed by atoms with E-state index in [2.05, 4.69) is 5.32 Å². The minimum atomic E-state index is -3.64. The molecule has 0 unspecified atom stereocenters. The molecule has 1 amide bonds. The first-order valence-corrected chi connectivity index (χ1v) is 10.4. The predicted octanol–water partition coefficient (Wildman–Crippen LogP) is 3.48. The fraction of sp³-hybridized carbons (Fsp3) is 0.350. The molecule has 0 radical (unpaired) electrons. The summed E-state index contributed by atoms with van der Waals surface area (Å²) in [5.74, 6) is -1.18. The van der Waals surface area contributed by atoms with E-state index < -0.39 is 21.8 Å². The van der Waals surface area contributed by atoms with E-state index in [1.807, 2.05) is 6.92 Å². The van der Waals surface area contributed by atoms with Gasteiger partial charge in [-0.1, -0.05) is 23.8 Å². The van der Waals surface area contributed by atoms with E-state index in [1.54, 1.807) is 37.3 Å². The van der Waals surface area contributed by atoms with Crippen molar-refractivity contribution in [2.45, 2.75) is 31.6 Å². The van der Waals surface area contributed by atoms with Gasteiger partial charge in [0.1, 0.15) is 5.82 Å². The van der Waals surface area contributed by atoms with Crippen molar-refractivity contribution in [2.24, 2.45) is 5.92 Å². The van der Waals surface area contributed by atoms with Crippen LogP contribution in [-0.2, 0) is 14.8 Å². The predicted molar refractivity (Wildman–Crippen MR) is 102 cm³/mol. The second kappa shape index (κ2) is 7.78. The maximum absolute atomic E-state index is 13.4. The van der Waals surface area contributed by atoms with E-state index in [-0.39, 0.29) is 17.3 Å². The van der Waals surface area contributed by atoms with E-state index in [4.69, 9.17) is 0 Å². The molecule has 1 aliphatic heterocycles. The standard InChI is InChI=1S/C20H23FN2O3S/c1-14-5-9-18(10-6-14)27(25,26)23-11-3-4-16(13-23)20(24)22-19-12-17(21)8-7-15(19)2/h5-10,12,16H,3-4,11,13H2,1-2H3,(H,22,24)/t16-/m0/s1. The van der Waals surface area contributed by atoms with E-state index in [0.29, 0.717) is 25.1 Å². The summed E-state index contributed by atoms with van der Waals surface area (Å²) in [6, 6.07) is 10.9. The smallest absolute Gasteiger partial charge is 0.243 e. The third-order valence-corrected chi connectivity index (χ3v) is 6.75. The van der Waals surface area contributed by atoms with Crippen molar-refractivity contribution < 1.29 is 17.6 Å². The molecule has 1 aliphatic rings. The number of nitrogens with one attached hydrogen (secondary N) is 1. The fourth-order valence-electron chi connectivity index (χ4n) is 3.20. The zero-order valence-corrected chi connectivity index (χ0v) is 16.2. The SMILES string of the molecule is Cc1ccc(S(=O)(=O)N2CCC[C@H](C(=O)Nc3cc(F)ccc3C)C2)cc1. The first kappa shape index (κ1) is 19.5. The largest absolute Gasteiger partial charge is 0.325 e. The number of piperidine rings is 1. The number of carbonyl (C=O) groups excluding carboxylic acids is 1. The molecule has 0 aromatic heterocycles. The molecule has 5 nitrogen and oxygen atoms in total. The van der Waals surface area contributed by atoms with Crippen LogP contribution in [0.25, 0.3) is 0 Å². The van der Waals surface area contributed by atoms with Crippen molar-refractivity contribution >= 4 is 21.6 Å². The minimum absolute atomic E-state index is 0.121. The van der Waals surface area contributed by atoms with E-state index >= 15 is 0 Å². The Bertz CT molecular complexity index is 942.